The first-order chi connectivity index (χ1) is 15.2. The summed E-state index contributed by atoms with van der Waals surface area (Å²) in [5.74, 6) is 1.46. The topological polar surface area (TPSA) is 69.5 Å². The van der Waals surface area contributed by atoms with Crippen LogP contribution in [-0.2, 0) is 11.3 Å². The van der Waals surface area contributed by atoms with Crippen molar-refractivity contribution in [1.29, 1.82) is 0 Å². The molecule has 1 aromatic heterocycles. The standard InChI is InChI=1S/C24H26N4O3/c1-30-20-11-12-23(31-2)21(15-20)22-9-6-14-28(22)24(29)13-10-19-17-27(26-25-19)16-18-7-4-3-5-8-18/h3-5,7-8,10-13,15,17,22H,6,9,14,16H2,1-2H3/b13-10+/t22-/m0/s1. The van der Waals surface area contributed by atoms with Crippen molar-refractivity contribution in [1.82, 2.24) is 19.9 Å². The van der Waals surface area contributed by atoms with Gasteiger partial charge in [0, 0.05) is 18.2 Å². The lowest BCUT2D eigenvalue weighted by Crippen LogP contribution is -2.29. The number of aromatic nitrogens is 3. The van der Waals surface area contributed by atoms with Crippen LogP contribution in [-0.4, -0.2) is 46.6 Å². The van der Waals surface area contributed by atoms with E-state index < -0.39 is 0 Å². The molecule has 7 heteroatoms. The molecule has 3 aromatic rings. The average Bonchev–Trinajstić information content (AvgIpc) is 3.47. The fourth-order valence-corrected chi connectivity index (χ4v) is 3.94. The summed E-state index contributed by atoms with van der Waals surface area (Å²) < 4.78 is 12.7. The number of carbonyl (C=O) groups excluding carboxylic acids is 1. The van der Waals surface area contributed by atoms with Gasteiger partial charge in [0.15, 0.2) is 0 Å². The van der Waals surface area contributed by atoms with E-state index in [1.54, 1.807) is 31.1 Å². The van der Waals surface area contributed by atoms with Crippen molar-refractivity contribution in [2.75, 3.05) is 20.8 Å². The van der Waals surface area contributed by atoms with Gasteiger partial charge in [0.1, 0.15) is 17.2 Å². The van der Waals surface area contributed by atoms with E-state index in [0.29, 0.717) is 18.8 Å². The molecular formula is C24H26N4O3. The van der Waals surface area contributed by atoms with Crippen molar-refractivity contribution in [3.05, 3.63) is 77.6 Å². The van der Waals surface area contributed by atoms with Crippen LogP contribution in [0.2, 0.25) is 0 Å². The highest BCUT2D eigenvalue weighted by molar-refractivity contribution is 5.92. The summed E-state index contributed by atoms with van der Waals surface area (Å²) in [6.07, 6.45) is 6.95. The van der Waals surface area contributed by atoms with E-state index in [1.165, 1.54) is 0 Å². The molecule has 1 amide bonds. The molecule has 0 spiro atoms. The van der Waals surface area contributed by atoms with Crippen LogP contribution >= 0.6 is 0 Å². The number of methoxy groups -OCH3 is 2. The second-order valence-corrected chi connectivity index (χ2v) is 7.46. The molecule has 0 aliphatic carbocycles. The minimum Gasteiger partial charge on any atom is -0.497 e. The molecule has 1 atom stereocenters. The van der Waals surface area contributed by atoms with Gasteiger partial charge in [-0.3, -0.25) is 4.79 Å². The SMILES string of the molecule is COc1ccc(OC)c([C@@H]2CCCN2C(=O)/C=C/c2cn(Cc3ccccc3)nn2)c1. The third-order valence-electron chi connectivity index (χ3n) is 5.47. The molecule has 1 aliphatic rings. The lowest BCUT2D eigenvalue weighted by molar-refractivity contribution is -0.126. The normalized spacial score (nSPS) is 16.1. The fraction of sp³-hybridized carbons (Fsp3) is 0.292. The molecule has 0 saturated carbocycles. The van der Waals surface area contributed by atoms with Crippen molar-refractivity contribution in [2.45, 2.75) is 25.4 Å². The Morgan fingerprint density at radius 3 is 2.77 bits per heavy atom. The summed E-state index contributed by atoms with van der Waals surface area (Å²) >= 11 is 0. The Kier molecular flexibility index (Phi) is 6.31. The Balaban J connectivity index is 1.46. The quantitative estimate of drug-likeness (QED) is 0.547. The number of ether oxygens (including phenoxy) is 2. The highest BCUT2D eigenvalue weighted by Crippen LogP contribution is 2.39. The number of amides is 1. The van der Waals surface area contributed by atoms with Crippen LogP contribution in [0.4, 0.5) is 0 Å². The van der Waals surface area contributed by atoms with Crippen LogP contribution in [0.5, 0.6) is 11.5 Å². The Bertz CT molecular complexity index is 1060. The maximum atomic E-state index is 13.0. The molecule has 0 N–H and O–H groups in total. The first-order valence-electron chi connectivity index (χ1n) is 10.3. The highest BCUT2D eigenvalue weighted by atomic mass is 16.5. The summed E-state index contributed by atoms with van der Waals surface area (Å²) in [7, 11) is 3.28. The first kappa shape index (κ1) is 20.7. The Morgan fingerprint density at radius 1 is 1.16 bits per heavy atom. The van der Waals surface area contributed by atoms with E-state index in [9.17, 15) is 4.79 Å². The van der Waals surface area contributed by atoms with Gasteiger partial charge in [-0.25, -0.2) is 4.68 Å². The molecule has 0 unspecified atom stereocenters. The van der Waals surface area contributed by atoms with Crippen molar-refractivity contribution < 1.29 is 14.3 Å². The van der Waals surface area contributed by atoms with Gasteiger partial charge >= 0.3 is 0 Å². The molecular weight excluding hydrogens is 392 g/mol. The molecule has 4 rings (SSSR count). The molecule has 7 nitrogen and oxygen atoms in total. The van der Waals surface area contributed by atoms with E-state index in [1.807, 2.05) is 59.6 Å². The van der Waals surface area contributed by atoms with Crippen molar-refractivity contribution in [3.8, 4) is 11.5 Å². The van der Waals surface area contributed by atoms with Crippen molar-refractivity contribution >= 4 is 12.0 Å². The van der Waals surface area contributed by atoms with Crippen molar-refractivity contribution in [2.24, 2.45) is 0 Å². The highest BCUT2D eigenvalue weighted by Gasteiger charge is 2.31. The summed E-state index contributed by atoms with van der Waals surface area (Å²) in [4.78, 5) is 14.8. The average molecular weight is 418 g/mol. The van der Waals surface area contributed by atoms with Gasteiger partial charge in [0.2, 0.25) is 5.91 Å². The molecule has 1 fully saturated rings. The monoisotopic (exact) mass is 418 g/mol. The molecule has 1 saturated heterocycles. The molecule has 2 heterocycles. The van der Waals surface area contributed by atoms with E-state index >= 15 is 0 Å². The van der Waals surface area contributed by atoms with Crippen LogP contribution < -0.4 is 9.47 Å². The van der Waals surface area contributed by atoms with Gasteiger partial charge < -0.3 is 14.4 Å². The molecule has 2 aromatic carbocycles. The van der Waals surface area contributed by atoms with E-state index in [0.717, 1.165) is 35.5 Å². The maximum Gasteiger partial charge on any atom is 0.247 e. The van der Waals surface area contributed by atoms with Crippen LogP contribution in [0.1, 0.15) is 35.7 Å². The maximum absolute atomic E-state index is 13.0. The van der Waals surface area contributed by atoms with Crippen LogP contribution in [0.3, 0.4) is 0 Å². The minimum atomic E-state index is -0.0509. The van der Waals surface area contributed by atoms with Crippen LogP contribution in [0.15, 0.2) is 60.8 Å². The van der Waals surface area contributed by atoms with Gasteiger partial charge in [-0.1, -0.05) is 35.5 Å². The number of carbonyl (C=O) groups is 1. The molecule has 160 valence electrons. The number of hydrogen-bond donors (Lipinski definition) is 0. The van der Waals surface area contributed by atoms with Gasteiger partial charge in [0.05, 0.1) is 33.0 Å². The molecule has 0 bridgehead atoms. The molecule has 1 aliphatic heterocycles. The van der Waals surface area contributed by atoms with Crippen molar-refractivity contribution in [3.63, 3.8) is 0 Å². The lowest BCUT2D eigenvalue weighted by atomic mass is 10.0. The molecule has 31 heavy (non-hydrogen) atoms. The predicted octanol–water partition coefficient (Wildman–Crippen LogP) is 3.72. The largest absolute Gasteiger partial charge is 0.497 e. The number of rotatable bonds is 7. The Labute approximate surface area is 181 Å². The number of nitrogens with zero attached hydrogens (tertiary/aromatic N) is 4. The van der Waals surface area contributed by atoms with E-state index in [2.05, 4.69) is 10.3 Å². The van der Waals surface area contributed by atoms with E-state index in [-0.39, 0.29) is 11.9 Å². The van der Waals surface area contributed by atoms with Gasteiger partial charge in [0.25, 0.3) is 0 Å². The first-order valence-corrected chi connectivity index (χ1v) is 10.3. The lowest BCUT2D eigenvalue weighted by Gasteiger charge is -2.25. The Hall–Kier alpha value is -3.61. The number of hydrogen-bond acceptors (Lipinski definition) is 5. The second kappa shape index (κ2) is 9.47. The third-order valence-corrected chi connectivity index (χ3v) is 5.47. The van der Waals surface area contributed by atoms with Gasteiger partial charge in [-0.05, 0) is 42.7 Å². The summed E-state index contributed by atoms with van der Waals surface area (Å²) in [6.45, 7) is 1.34. The summed E-state index contributed by atoms with van der Waals surface area (Å²) in [5.41, 5.74) is 2.76. The van der Waals surface area contributed by atoms with Gasteiger partial charge in [-0.2, -0.15) is 0 Å². The van der Waals surface area contributed by atoms with E-state index in [4.69, 9.17) is 9.47 Å². The predicted molar refractivity (Wildman–Crippen MR) is 118 cm³/mol. The zero-order valence-electron chi connectivity index (χ0n) is 17.8. The third kappa shape index (κ3) is 4.77. The smallest absolute Gasteiger partial charge is 0.247 e. The zero-order chi connectivity index (χ0) is 21.6. The Morgan fingerprint density at radius 2 is 2.00 bits per heavy atom. The molecule has 0 radical (unpaired) electrons. The van der Waals surface area contributed by atoms with Crippen LogP contribution in [0, 0.1) is 0 Å². The summed E-state index contributed by atoms with van der Waals surface area (Å²) in [6, 6.07) is 15.7. The summed E-state index contributed by atoms with van der Waals surface area (Å²) in [5, 5.41) is 8.31. The minimum absolute atomic E-state index is 0.0454. The van der Waals surface area contributed by atoms with Gasteiger partial charge in [-0.15, -0.1) is 5.10 Å². The fourth-order valence-electron chi connectivity index (χ4n) is 3.94. The second-order valence-electron chi connectivity index (χ2n) is 7.46. The number of benzene rings is 2. The van der Waals surface area contributed by atoms with Crippen LogP contribution in [0.25, 0.3) is 6.08 Å². The number of likely N-dealkylation sites (tertiary alicyclic amines) is 1. The zero-order valence-corrected chi connectivity index (χ0v) is 17.8.